The van der Waals surface area contributed by atoms with Gasteiger partial charge in [-0.25, -0.2) is 0 Å². The third kappa shape index (κ3) is 2.33. The highest BCUT2D eigenvalue weighted by atomic mass is 16.7. The van der Waals surface area contributed by atoms with E-state index in [4.69, 9.17) is 14.2 Å². The fourth-order valence-corrected chi connectivity index (χ4v) is 2.39. The van der Waals surface area contributed by atoms with Crippen LogP contribution in [0, 0.1) is 5.92 Å². The van der Waals surface area contributed by atoms with Gasteiger partial charge in [-0.1, -0.05) is 13.8 Å². The minimum Gasteiger partial charge on any atom is -0.388 e. The van der Waals surface area contributed by atoms with Crippen molar-refractivity contribution in [3.63, 3.8) is 0 Å². The van der Waals surface area contributed by atoms with Crippen molar-refractivity contribution in [2.75, 3.05) is 13.2 Å². The largest absolute Gasteiger partial charge is 0.388 e. The topological polar surface area (TPSA) is 47.9 Å². The van der Waals surface area contributed by atoms with E-state index < -0.39 is 11.9 Å². The normalized spacial score (nSPS) is 45.8. The molecule has 0 aromatic carbocycles. The van der Waals surface area contributed by atoms with Gasteiger partial charge in [-0.15, -0.1) is 0 Å². The molecule has 2 aliphatic rings. The Kier molecular flexibility index (Phi) is 3.03. The van der Waals surface area contributed by atoms with E-state index in [1.54, 1.807) is 0 Å². The van der Waals surface area contributed by atoms with Crippen LogP contribution in [0.5, 0.6) is 0 Å². The minimum atomic E-state index is -0.565. The molecule has 0 saturated carbocycles. The first-order valence-corrected chi connectivity index (χ1v) is 5.61. The Labute approximate surface area is 90.5 Å². The summed E-state index contributed by atoms with van der Waals surface area (Å²) in [5.41, 5.74) is 0. The van der Waals surface area contributed by atoms with E-state index in [1.807, 2.05) is 6.92 Å². The van der Waals surface area contributed by atoms with Crippen LogP contribution >= 0.6 is 0 Å². The predicted octanol–water partition coefficient (Wildman–Crippen LogP) is 0.924. The van der Waals surface area contributed by atoms with Crippen LogP contribution in [0.3, 0.4) is 0 Å². The van der Waals surface area contributed by atoms with Crippen LogP contribution in [0.25, 0.3) is 0 Å². The Balaban J connectivity index is 2.00. The van der Waals surface area contributed by atoms with E-state index >= 15 is 0 Å². The third-order valence-corrected chi connectivity index (χ3v) is 2.94. The quantitative estimate of drug-likeness (QED) is 0.745. The fraction of sp³-hybridized carbons (Fsp3) is 1.00. The summed E-state index contributed by atoms with van der Waals surface area (Å²) >= 11 is 0. The Morgan fingerprint density at radius 1 is 1.40 bits per heavy atom. The van der Waals surface area contributed by atoms with Crippen molar-refractivity contribution in [3.05, 3.63) is 0 Å². The van der Waals surface area contributed by atoms with Crippen molar-refractivity contribution < 1.29 is 19.3 Å². The van der Waals surface area contributed by atoms with E-state index in [9.17, 15) is 5.11 Å². The monoisotopic (exact) mass is 216 g/mol. The predicted molar refractivity (Wildman–Crippen MR) is 54.4 cm³/mol. The molecule has 0 bridgehead atoms. The zero-order valence-corrected chi connectivity index (χ0v) is 9.60. The van der Waals surface area contributed by atoms with Gasteiger partial charge < -0.3 is 19.3 Å². The molecule has 0 aliphatic carbocycles. The molecular weight excluding hydrogens is 196 g/mol. The molecule has 4 nitrogen and oxygen atoms in total. The lowest BCUT2D eigenvalue weighted by molar-refractivity contribution is -0.314. The fourth-order valence-electron chi connectivity index (χ4n) is 2.39. The van der Waals surface area contributed by atoms with Crippen molar-refractivity contribution in [1.29, 1.82) is 0 Å². The molecule has 2 saturated heterocycles. The number of aliphatic hydroxyl groups is 1. The number of hydrogen-bond donors (Lipinski definition) is 1. The average molecular weight is 216 g/mol. The van der Waals surface area contributed by atoms with Crippen LogP contribution < -0.4 is 0 Å². The van der Waals surface area contributed by atoms with Gasteiger partial charge in [-0.3, -0.25) is 0 Å². The summed E-state index contributed by atoms with van der Waals surface area (Å²) < 4.78 is 16.9. The van der Waals surface area contributed by atoms with Gasteiger partial charge in [0.05, 0.1) is 13.2 Å². The van der Waals surface area contributed by atoms with Gasteiger partial charge in [0.25, 0.3) is 0 Å². The van der Waals surface area contributed by atoms with Gasteiger partial charge in [-0.05, 0) is 12.8 Å². The van der Waals surface area contributed by atoms with E-state index in [0.717, 1.165) is 6.42 Å². The van der Waals surface area contributed by atoms with Gasteiger partial charge >= 0.3 is 0 Å². The summed E-state index contributed by atoms with van der Waals surface area (Å²) in [6.45, 7) is 7.08. The standard InChI is InChI=1S/C11H20O4/c1-7(2)4-11(3)14-6-9-10(15-11)8(12)5-13-9/h7-10,12H,4-6H2,1-3H3/t8-,9+,10+,11-/m1/s1. The first kappa shape index (κ1) is 11.3. The molecule has 0 radical (unpaired) electrons. The van der Waals surface area contributed by atoms with Crippen LogP contribution in [0.2, 0.25) is 0 Å². The molecule has 15 heavy (non-hydrogen) atoms. The number of fused-ring (bicyclic) bond motifs is 1. The second-order valence-electron chi connectivity index (χ2n) is 5.06. The first-order valence-electron chi connectivity index (χ1n) is 5.61. The maximum Gasteiger partial charge on any atom is 0.166 e. The van der Waals surface area contributed by atoms with E-state index in [0.29, 0.717) is 19.1 Å². The summed E-state index contributed by atoms with van der Waals surface area (Å²) in [5, 5.41) is 9.69. The minimum absolute atomic E-state index is 0.0970. The van der Waals surface area contributed by atoms with Gasteiger partial charge in [-0.2, -0.15) is 0 Å². The Morgan fingerprint density at radius 2 is 2.13 bits per heavy atom. The molecule has 0 amide bonds. The summed E-state index contributed by atoms with van der Waals surface area (Å²) in [6.07, 6.45) is 0.0104. The Morgan fingerprint density at radius 3 is 2.80 bits per heavy atom. The van der Waals surface area contributed by atoms with Gasteiger partial charge in [0.15, 0.2) is 5.79 Å². The van der Waals surface area contributed by atoms with Crippen molar-refractivity contribution >= 4 is 0 Å². The SMILES string of the molecule is CC(C)C[C@]1(C)OC[C@@H]2OC[C@@H](O)[C@@H]2O1. The molecule has 4 atom stereocenters. The van der Waals surface area contributed by atoms with Gasteiger partial charge in [0, 0.05) is 6.42 Å². The summed E-state index contributed by atoms with van der Waals surface area (Å²) in [5.74, 6) is -0.0599. The van der Waals surface area contributed by atoms with Crippen molar-refractivity contribution in [1.82, 2.24) is 0 Å². The molecule has 2 rings (SSSR count). The maximum atomic E-state index is 9.69. The number of aliphatic hydroxyl groups excluding tert-OH is 1. The van der Waals surface area contributed by atoms with Crippen LogP contribution in [0.1, 0.15) is 27.2 Å². The van der Waals surface area contributed by atoms with Crippen molar-refractivity contribution in [2.24, 2.45) is 5.92 Å². The lowest BCUT2D eigenvalue weighted by atomic mass is 10.0. The summed E-state index contributed by atoms with van der Waals surface area (Å²) in [6, 6.07) is 0. The molecule has 0 unspecified atom stereocenters. The van der Waals surface area contributed by atoms with Crippen molar-refractivity contribution in [3.8, 4) is 0 Å². The van der Waals surface area contributed by atoms with Crippen LogP contribution in [-0.4, -0.2) is 42.4 Å². The third-order valence-electron chi connectivity index (χ3n) is 2.94. The molecule has 2 heterocycles. The molecule has 1 N–H and O–H groups in total. The molecule has 2 aliphatic heterocycles. The zero-order valence-electron chi connectivity index (χ0n) is 9.60. The van der Waals surface area contributed by atoms with Crippen LogP contribution in [0.4, 0.5) is 0 Å². The second-order valence-corrected chi connectivity index (χ2v) is 5.06. The molecular formula is C11H20O4. The Bertz CT molecular complexity index is 231. The van der Waals surface area contributed by atoms with E-state index in [1.165, 1.54) is 0 Å². The van der Waals surface area contributed by atoms with Crippen LogP contribution in [-0.2, 0) is 14.2 Å². The molecule has 88 valence electrons. The van der Waals surface area contributed by atoms with Crippen molar-refractivity contribution in [2.45, 2.75) is 51.3 Å². The zero-order chi connectivity index (χ0) is 11.1. The average Bonchev–Trinajstić information content (AvgIpc) is 2.46. The van der Waals surface area contributed by atoms with Gasteiger partial charge in [0.2, 0.25) is 0 Å². The van der Waals surface area contributed by atoms with E-state index in [2.05, 4.69) is 13.8 Å². The molecule has 0 aromatic heterocycles. The summed E-state index contributed by atoms with van der Waals surface area (Å²) in [4.78, 5) is 0. The molecule has 2 fully saturated rings. The number of rotatable bonds is 2. The van der Waals surface area contributed by atoms with E-state index in [-0.39, 0.29) is 12.2 Å². The smallest absolute Gasteiger partial charge is 0.166 e. The highest BCUT2D eigenvalue weighted by Gasteiger charge is 2.47. The molecule has 4 heteroatoms. The van der Waals surface area contributed by atoms with Crippen LogP contribution in [0.15, 0.2) is 0 Å². The lowest BCUT2D eigenvalue weighted by Crippen LogP contribution is -2.51. The first-order chi connectivity index (χ1) is 7.00. The maximum absolute atomic E-state index is 9.69. The summed E-state index contributed by atoms with van der Waals surface area (Å²) in [7, 11) is 0. The highest BCUT2D eigenvalue weighted by molar-refractivity contribution is 4.90. The lowest BCUT2D eigenvalue weighted by Gasteiger charge is -2.41. The molecule has 0 spiro atoms. The number of ether oxygens (including phenoxy) is 3. The second kappa shape index (κ2) is 4.01. The molecule has 0 aromatic rings. The Hall–Kier alpha value is -0.160. The number of hydrogen-bond acceptors (Lipinski definition) is 4. The van der Waals surface area contributed by atoms with Gasteiger partial charge in [0.1, 0.15) is 18.3 Å². The highest BCUT2D eigenvalue weighted by Crippen LogP contribution is 2.34.